The van der Waals surface area contributed by atoms with Gasteiger partial charge in [-0.1, -0.05) is 48.0 Å². The van der Waals surface area contributed by atoms with Gasteiger partial charge < -0.3 is 14.4 Å². The summed E-state index contributed by atoms with van der Waals surface area (Å²) in [5.74, 6) is 1.74. The SMILES string of the molecule is COc1ccc(-c2nn(-c3ccccc3)cc2[C@H]2SCC(=O)N2Cc2ccccc2Cl)cc1OC. The Bertz CT molecular complexity index is 1360. The van der Waals surface area contributed by atoms with Gasteiger partial charge in [-0.15, -0.1) is 11.8 Å². The third-order valence-corrected chi connectivity index (χ3v) is 7.56. The molecule has 1 atom stereocenters. The van der Waals surface area contributed by atoms with Gasteiger partial charge in [0.05, 0.1) is 31.4 Å². The minimum absolute atomic E-state index is 0.0747. The topological polar surface area (TPSA) is 56.6 Å². The summed E-state index contributed by atoms with van der Waals surface area (Å²) in [4.78, 5) is 14.9. The molecule has 1 fully saturated rings. The molecule has 1 aliphatic rings. The number of hydrogen-bond donors (Lipinski definition) is 0. The largest absolute Gasteiger partial charge is 0.493 e. The predicted molar refractivity (Wildman–Crippen MR) is 139 cm³/mol. The summed E-state index contributed by atoms with van der Waals surface area (Å²) >= 11 is 8.03. The zero-order chi connectivity index (χ0) is 24.4. The number of hydrogen-bond acceptors (Lipinski definition) is 5. The molecule has 1 aliphatic heterocycles. The van der Waals surface area contributed by atoms with Gasteiger partial charge in [-0.05, 0) is 42.0 Å². The van der Waals surface area contributed by atoms with Crippen molar-refractivity contribution in [3.8, 4) is 28.4 Å². The van der Waals surface area contributed by atoms with Gasteiger partial charge in [0.1, 0.15) is 5.37 Å². The third-order valence-electron chi connectivity index (χ3n) is 5.95. The highest BCUT2D eigenvalue weighted by Gasteiger charge is 2.36. The van der Waals surface area contributed by atoms with Gasteiger partial charge in [-0.3, -0.25) is 4.79 Å². The van der Waals surface area contributed by atoms with Crippen molar-refractivity contribution in [1.82, 2.24) is 14.7 Å². The van der Waals surface area contributed by atoms with E-state index in [9.17, 15) is 4.79 Å². The predicted octanol–water partition coefficient (Wildman–Crippen LogP) is 5.98. The lowest BCUT2D eigenvalue weighted by atomic mass is 10.1. The molecule has 2 heterocycles. The molecule has 0 unspecified atom stereocenters. The van der Waals surface area contributed by atoms with E-state index >= 15 is 0 Å². The van der Waals surface area contributed by atoms with Crippen LogP contribution in [0, 0.1) is 0 Å². The maximum absolute atomic E-state index is 13.0. The van der Waals surface area contributed by atoms with Crippen LogP contribution in [0.5, 0.6) is 11.5 Å². The molecule has 178 valence electrons. The summed E-state index contributed by atoms with van der Waals surface area (Å²) in [6, 6.07) is 23.3. The Labute approximate surface area is 213 Å². The van der Waals surface area contributed by atoms with Crippen LogP contribution in [0.1, 0.15) is 16.5 Å². The van der Waals surface area contributed by atoms with Crippen LogP contribution < -0.4 is 9.47 Å². The fourth-order valence-electron chi connectivity index (χ4n) is 4.18. The van der Waals surface area contributed by atoms with Gasteiger partial charge in [0.2, 0.25) is 5.91 Å². The summed E-state index contributed by atoms with van der Waals surface area (Å²) in [6.07, 6.45) is 2.01. The molecule has 0 radical (unpaired) electrons. The van der Waals surface area contributed by atoms with Crippen molar-refractivity contribution in [3.05, 3.63) is 95.1 Å². The van der Waals surface area contributed by atoms with Gasteiger partial charge in [-0.2, -0.15) is 5.10 Å². The Morgan fingerprint density at radius 2 is 1.74 bits per heavy atom. The fourth-order valence-corrected chi connectivity index (χ4v) is 5.57. The zero-order valence-electron chi connectivity index (χ0n) is 19.3. The molecular weight excluding hydrogens is 482 g/mol. The second kappa shape index (κ2) is 10.1. The summed E-state index contributed by atoms with van der Waals surface area (Å²) in [5.41, 5.74) is 4.46. The Balaban J connectivity index is 1.61. The lowest BCUT2D eigenvalue weighted by Crippen LogP contribution is -2.27. The van der Waals surface area contributed by atoms with Crippen molar-refractivity contribution in [2.45, 2.75) is 11.9 Å². The first kappa shape index (κ1) is 23.3. The zero-order valence-corrected chi connectivity index (χ0v) is 20.9. The van der Waals surface area contributed by atoms with E-state index in [0.29, 0.717) is 28.8 Å². The van der Waals surface area contributed by atoms with E-state index in [1.54, 1.807) is 26.0 Å². The smallest absolute Gasteiger partial charge is 0.234 e. The standard InChI is InChI=1S/C27H24ClN3O3S/c1-33-23-13-12-18(14-24(23)34-2)26-21(16-31(29-26)20-9-4-3-5-10-20)27-30(25(32)17-35-27)15-19-8-6-7-11-22(19)28/h3-14,16,27H,15,17H2,1-2H3/t27-/m1/s1. The molecule has 1 saturated heterocycles. The lowest BCUT2D eigenvalue weighted by Gasteiger charge is -2.24. The van der Waals surface area contributed by atoms with E-state index in [4.69, 9.17) is 26.2 Å². The fraction of sp³-hybridized carbons (Fsp3) is 0.185. The first-order valence-corrected chi connectivity index (χ1v) is 12.5. The Morgan fingerprint density at radius 3 is 2.49 bits per heavy atom. The molecule has 35 heavy (non-hydrogen) atoms. The Morgan fingerprint density at radius 1 is 1.00 bits per heavy atom. The number of nitrogens with zero attached hydrogens (tertiary/aromatic N) is 3. The average Bonchev–Trinajstić information content (AvgIpc) is 3.49. The number of benzene rings is 3. The number of carbonyl (C=O) groups is 1. The first-order valence-electron chi connectivity index (χ1n) is 11.1. The molecule has 0 spiro atoms. The number of methoxy groups -OCH3 is 2. The van der Waals surface area contributed by atoms with Gasteiger partial charge in [0.15, 0.2) is 11.5 Å². The number of ether oxygens (including phenoxy) is 2. The maximum Gasteiger partial charge on any atom is 0.234 e. The lowest BCUT2D eigenvalue weighted by molar-refractivity contribution is -0.128. The normalized spacial score (nSPS) is 15.5. The van der Waals surface area contributed by atoms with E-state index in [1.807, 2.05) is 88.6 Å². The van der Waals surface area contributed by atoms with Crippen LogP contribution in [0.4, 0.5) is 0 Å². The highest BCUT2D eigenvalue weighted by molar-refractivity contribution is 8.00. The van der Waals surface area contributed by atoms with Crippen LogP contribution in [0.25, 0.3) is 16.9 Å². The minimum atomic E-state index is -0.209. The highest BCUT2D eigenvalue weighted by atomic mass is 35.5. The van der Waals surface area contributed by atoms with E-state index in [0.717, 1.165) is 28.1 Å². The molecule has 8 heteroatoms. The number of carbonyl (C=O) groups excluding carboxylic acids is 1. The quantitative estimate of drug-likeness (QED) is 0.309. The summed E-state index contributed by atoms with van der Waals surface area (Å²) in [7, 11) is 3.22. The first-order chi connectivity index (χ1) is 17.1. The molecule has 1 amide bonds. The number of thioether (sulfide) groups is 1. The van der Waals surface area contributed by atoms with Crippen molar-refractivity contribution in [1.29, 1.82) is 0 Å². The monoisotopic (exact) mass is 505 g/mol. The van der Waals surface area contributed by atoms with Gasteiger partial charge in [-0.25, -0.2) is 4.68 Å². The molecule has 0 saturated carbocycles. The minimum Gasteiger partial charge on any atom is -0.493 e. The molecule has 0 N–H and O–H groups in total. The number of halogens is 1. The maximum atomic E-state index is 13.0. The van der Waals surface area contributed by atoms with Crippen molar-refractivity contribution < 1.29 is 14.3 Å². The Hall–Kier alpha value is -3.42. The highest BCUT2D eigenvalue weighted by Crippen LogP contribution is 2.44. The van der Waals surface area contributed by atoms with Crippen LogP contribution in [0.15, 0.2) is 79.0 Å². The third kappa shape index (κ3) is 4.61. The average molecular weight is 506 g/mol. The van der Waals surface area contributed by atoms with Crippen molar-refractivity contribution in [2.24, 2.45) is 0 Å². The summed E-state index contributed by atoms with van der Waals surface area (Å²) in [6.45, 7) is 0.429. The van der Waals surface area contributed by atoms with Gasteiger partial charge >= 0.3 is 0 Å². The molecule has 0 bridgehead atoms. The molecular formula is C27H24ClN3O3S. The Kier molecular flexibility index (Phi) is 6.70. The van der Waals surface area contributed by atoms with Crippen LogP contribution in [-0.4, -0.2) is 40.6 Å². The van der Waals surface area contributed by atoms with E-state index in [-0.39, 0.29) is 11.3 Å². The van der Waals surface area contributed by atoms with Crippen LogP contribution in [-0.2, 0) is 11.3 Å². The van der Waals surface area contributed by atoms with Crippen LogP contribution >= 0.6 is 23.4 Å². The number of amides is 1. The van der Waals surface area contributed by atoms with Gasteiger partial charge in [0.25, 0.3) is 0 Å². The number of para-hydroxylation sites is 1. The molecule has 1 aromatic heterocycles. The number of aromatic nitrogens is 2. The van der Waals surface area contributed by atoms with Crippen LogP contribution in [0.2, 0.25) is 5.02 Å². The second-order valence-corrected chi connectivity index (χ2v) is 9.54. The molecule has 0 aliphatic carbocycles. The van der Waals surface area contributed by atoms with E-state index in [1.165, 1.54) is 0 Å². The van der Waals surface area contributed by atoms with Crippen LogP contribution in [0.3, 0.4) is 0 Å². The second-order valence-electron chi connectivity index (χ2n) is 8.06. The van der Waals surface area contributed by atoms with Crippen molar-refractivity contribution in [3.63, 3.8) is 0 Å². The van der Waals surface area contributed by atoms with Crippen molar-refractivity contribution in [2.75, 3.05) is 20.0 Å². The molecule has 6 nitrogen and oxygen atoms in total. The summed E-state index contributed by atoms with van der Waals surface area (Å²) in [5, 5.41) is 5.39. The summed E-state index contributed by atoms with van der Waals surface area (Å²) < 4.78 is 12.8. The molecule has 4 aromatic rings. The molecule has 3 aromatic carbocycles. The number of rotatable bonds is 7. The molecule has 5 rings (SSSR count). The van der Waals surface area contributed by atoms with Crippen molar-refractivity contribution >= 4 is 29.3 Å². The van der Waals surface area contributed by atoms with Gasteiger partial charge in [0, 0.05) is 28.9 Å². The van der Waals surface area contributed by atoms with E-state index < -0.39 is 0 Å². The van der Waals surface area contributed by atoms with E-state index in [2.05, 4.69) is 0 Å².